The number of nitrogens with zero attached hydrogens (tertiary/aromatic N) is 3. The molecule has 3 heterocycles. The minimum atomic E-state index is 0.464. The topological polar surface area (TPSA) is 38.1 Å². The van der Waals surface area contributed by atoms with Crippen molar-refractivity contribution in [3.8, 4) is 0 Å². The van der Waals surface area contributed by atoms with Crippen molar-refractivity contribution < 1.29 is 4.79 Å². The quantitative estimate of drug-likeness (QED) is 0.763. The Kier molecular flexibility index (Phi) is 2.52. The lowest BCUT2D eigenvalue weighted by Gasteiger charge is -2.33. The van der Waals surface area contributed by atoms with Gasteiger partial charge in [-0.2, -0.15) is 0 Å². The van der Waals surface area contributed by atoms with E-state index in [1.54, 1.807) is 0 Å². The first-order valence-electron chi connectivity index (χ1n) is 6.06. The predicted octanol–water partition coefficient (Wildman–Crippen LogP) is 1.08. The maximum Gasteiger partial charge on any atom is 0.136 e. The van der Waals surface area contributed by atoms with E-state index in [0.717, 1.165) is 25.9 Å². The molecule has 1 aromatic heterocycles. The Morgan fingerprint density at radius 2 is 2.00 bits per heavy atom. The van der Waals surface area contributed by atoms with Gasteiger partial charge in [-0.1, -0.05) is 0 Å². The molecule has 2 unspecified atom stereocenters. The van der Waals surface area contributed by atoms with Gasteiger partial charge >= 0.3 is 0 Å². The lowest BCUT2D eigenvalue weighted by atomic mass is 10.0. The maximum absolute atomic E-state index is 11.5. The van der Waals surface area contributed by atoms with Crippen molar-refractivity contribution in [1.29, 1.82) is 0 Å². The number of imidazole rings is 1. The molecule has 0 spiro atoms. The monoisotopic (exact) mass is 219 g/mol. The van der Waals surface area contributed by atoms with Crippen LogP contribution in [0.3, 0.4) is 0 Å². The van der Waals surface area contributed by atoms with Gasteiger partial charge in [0, 0.05) is 50.4 Å². The molecule has 86 valence electrons. The molecule has 0 aromatic carbocycles. The number of fused-ring (bicyclic) bond motifs is 2. The van der Waals surface area contributed by atoms with E-state index in [9.17, 15) is 4.79 Å². The summed E-state index contributed by atoms with van der Waals surface area (Å²) in [6.45, 7) is 2.04. The summed E-state index contributed by atoms with van der Waals surface area (Å²) < 4.78 is 2.11. The van der Waals surface area contributed by atoms with Crippen molar-refractivity contribution in [1.82, 2.24) is 14.5 Å². The van der Waals surface area contributed by atoms with Gasteiger partial charge in [-0.05, 0) is 12.8 Å². The van der Waals surface area contributed by atoms with Gasteiger partial charge in [0.1, 0.15) is 5.78 Å². The second-order valence-electron chi connectivity index (χ2n) is 4.87. The molecular weight excluding hydrogens is 202 g/mol. The van der Waals surface area contributed by atoms with E-state index >= 15 is 0 Å². The summed E-state index contributed by atoms with van der Waals surface area (Å²) in [4.78, 5) is 18.0. The molecule has 0 N–H and O–H groups in total. The number of piperidine rings is 1. The van der Waals surface area contributed by atoms with Crippen LogP contribution >= 0.6 is 0 Å². The van der Waals surface area contributed by atoms with Crippen molar-refractivity contribution >= 4 is 5.78 Å². The minimum Gasteiger partial charge on any atom is -0.336 e. The molecule has 2 aliphatic rings. The zero-order chi connectivity index (χ0) is 11.0. The summed E-state index contributed by atoms with van der Waals surface area (Å²) in [6, 6.07) is 1.05. The number of hydrogen-bond acceptors (Lipinski definition) is 3. The van der Waals surface area contributed by atoms with Crippen LogP contribution in [0.5, 0.6) is 0 Å². The first-order chi connectivity index (χ1) is 7.83. The highest BCUT2D eigenvalue weighted by Gasteiger charge is 2.39. The molecule has 0 aliphatic carbocycles. The Morgan fingerprint density at radius 3 is 2.62 bits per heavy atom. The summed E-state index contributed by atoms with van der Waals surface area (Å²) in [5.41, 5.74) is 0. The summed E-state index contributed by atoms with van der Waals surface area (Å²) in [5.74, 6) is 0.464. The Morgan fingerprint density at radius 1 is 1.25 bits per heavy atom. The van der Waals surface area contributed by atoms with Gasteiger partial charge in [0.25, 0.3) is 0 Å². The minimum absolute atomic E-state index is 0.464. The predicted molar refractivity (Wildman–Crippen MR) is 60.0 cm³/mol. The first-order valence-corrected chi connectivity index (χ1v) is 6.06. The first kappa shape index (κ1) is 10.0. The highest BCUT2D eigenvalue weighted by atomic mass is 16.1. The maximum atomic E-state index is 11.5. The van der Waals surface area contributed by atoms with Gasteiger partial charge < -0.3 is 4.57 Å². The van der Waals surface area contributed by atoms with Gasteiger partial charge in [0.05, 0.1) is 6.33 Å². The van der Waals surface area contributed by atoms with Crippen LogP contribution in [0, 0.1) is 0 Å². The summed E-state index contributed by atoms with van der Waals surface area (Å²) in [5, 5.41) is 0. The molecule has 2 atom stereocenters. The summed E-state index contributed by atoms with van der Waals surface area (Å²) in [7, 11) is 0. The average molecular weight is 219 g/mol. The molecular formula is C12H17N3O. The number of aromatic nitrogens is 2. The van der Waals surface area contributed by atoms with E-state index in [1.165, 1.54) is 12.8 Å². The van der Waals surface area contributed by atoms with Crippen LogP contribution in [0.2, 0.25) is 0 Å². The van der Waals surface area contributed by atoms with Crippen molar-refractivity contribution in [2.24, 2.45) is 0 Å². The fourth-order valence-corrected chi connectivity index (χ4v) is 3.08. The van der Waals surface area contributed by atoms with Crippen molar-refractivity contribution in [2.45, 2.75) is 44.3 Å². The van der Waals surface area contributed by atoms with Crippen LogP contribution in [-0.4, -0.2) is 38.9 Å². The summed E-state index contributed by atoms with van der Waals surface area (Å²) in [6.07, 6.45) is 9.64. The van der Waals surface area contributed by atoms with E-state index < -0.39 is 0 Å². The molecule has 1 aromatic rings. The van der Waals surface area contributed by atoms with E-state index in [1.807, 2.05) is 18.7 Å². The van der Waals surface area contributed by atoms with Crippen LogP contribution < -0.4 is 0 Å². The highest BCUT2D eigenvalue weighted by molar-refractivity contribution is 5.80. The zero-order valence-electron chi connectivity index (χ0n) is 9.38. The molecule has 3 rings (SSSR count). The standard InChI is InChI=1S/C12H17N3O/c16-12-7-10-1-2-11(8-12)15(10)6-5-14-4-3-13-9-14/h3-4,9-11H,1-2,5-8H2. The Balaban J connectivity index is 1.61. The van der Waals surface area contributed by atoms with Gasteiger partial charge in [-0.25, -0.2) is 4.98 Å². The van der Waals surface area contributed by atoms with Gasteiger partial charge in [-0.3, -0.25) is 9.69 Å². The third kappa shape index (κ3) is 1.78. The fourth-order valence-electron chi connectivity index (χ4n) is 3.08. The van der Waals surface area contributed by atoms with Crippen LogP contribution in [0.1, 0.15) is 25.7 Å². The number of Topliss-reactive ketones (excluding diaryl/α,β-unsaturated/α-hetero) is 1. The third-order valence-corrected chi connectivity index (χ3v) is 3.87. The fraction of sp³-hybridized carbons (Fsp3) is 0.667. The summed E-state index contributed by atoms with van der Waals surface area (Å²) >= 11 is 0. The van der Waals surface area contributed by atoms with Crippen LogP contribution in [0.15, 0.2) is 18.7 Å². The highest BCUT2D eigenvalue weighted by Crippen LogP contribution is 2.33. The van der Waals surface area contributed by atoms with Crippen molar-refractivity contribution in [3.63, 3.8) is 0 Å². The molecule has 2 bridgehead atoms. The molecule has 2 fully saturated rings. The molecule has 2 saturated heterocycles. The van der Waals surface area contributed by atoms with Crippen LogP contribution in [0.25, 0.3) is 0 Å². The molecule has 4 heteroatoms. The van der Waals surface area contributed by atoms with Gasteiger partial charge in [-0.15, -0.1) is 0 Å². The number of hydrogen-bond donors (Lipinski definition) is 0. The Hall–Kier alpha value is -1.16. The molecule has 0 amide bonds. The van der Waals surface area contributed by atoms with Crippen molar-refractivity contribution in [3.05, 3.63) is 18.7 Å². The van der Waals surface area contributed by atoms with E-state index in [0.29, 0.717) is 17.9 Å². The second-order valence-corrected chi connectivity index (χ2v) is 4.87. The zero-order valence-corrected chi connectivity index (χ0v) is 9.38. The second kappa shape index (κ2) is 4.01. The van der Waals surface area contributed by atoms with Gasteiger partial charge in [0.2, 0.25) is 0 Å². The third-order valence-electron chi connectivity index (χ3n) is 3.87. The van der Waals surface area contributed by atoms with Gasteiger partial charge in [0.15, 0.2) is 0 Å². The van der Waals surface area contributed by atoms with Crippen LogP contribution in [0.4, 0.5) is 0 Å². The van der Waals surface area contributed by atoms with E-state index in [2.05, 4.69) is 14.5 Å². The number of ketones is 1. The number of carbonyl (C=O) groups excluding carboxylic acids is 1. The number of carbonyl (C=O) groups is 1. The lowest BCUT2D eigenvalue weighted by Crippen LogP contribution is -2.44. The number of rotatable bonds is 3. The molecule has 2 aliphatic heterocycles. The Labute approximate surface area is 95.3 Å². The lowest BCUT2D eigenvalue weighted by molar-refractivity contribution is -0.123. The van der Waals surface area contributed by atoms with Crippen LogP contribution in [-0.2, 0) is 11.3 Å². The molecule has 4 nitrogen and oxygen atoms in total. The molecule has 16 heavy (non-hydrogen) atoms. The Bertz CT molecular complexity index is 358. The average Bonchev–Trinajstić information content (AvgIpc) is 2.83. The molecule has 0 saturated carbocycles. The SMILES string of the molecule is O=C1CC2CCC(C1)N2CCn1ccnc1. The van der Waals surface area contributed by atoms with E-state index in [4.69, 9.17) is 0 Å². The van der Waals surface area contributed by atoms with Crippen molar-refractivity contribution in [2.75, 3.05) is 6.54 Å². The smallest absolute Gasteiger partial charge is 0.136 e. The van der Waals surface area contributed by atoms with E-state index in [-0.39, 0.29) is 0 Å². The largest absolute Gasteiger partial charge is 0.336 e. The molecule has 0 radical (unpaired) electrons. The normalized spacial score (nSPS) is 29.9.